The second-order valence-electron chi connectivity index (χ2n) is 12.2. The van der Waals surface area contributed by atoms with E-state index in [-0.39, 0.29) is 18.3 Å². The van der Waals surface area contributed by atoms with Gasteiger partial charge in [-0.25, -0.2) is 9.59 Å². The van der Waals surface area contributed by atoms with E-state index < -0.39 is 11.9 Å². The van der Waals surface area contributed by atoms with Gasteiger partial charge in [-0.3, -0.25) is 5.32 Å². The number of amides is 2. The number of carbonyl (C=O) groups excluding carboxylic acids is 2. The zero-order valence-corrected chi connectivity index (χ0v) is 26.0. The Balaban J connectivity index is 0.880. The van der Waals surface area contributed by atoms with E-state index >= 15 is 0 Å². The lowest BCUT2D eigenvalue weighted by Gasteiger charge is -2.32. The topological polar surface area (TPSA) is 105 Å². The second-order valence-corrected chi connectivity index (χ2v) is 12.2. The zero-order chi connectivity index (χ0) is 30.8. The van der Waals surface area contributed by atoms with Crippen LogP contribution in [0.4, 0.5) is 15.3 Å². The number of unbranched alkanes of at least 4 members (excludes halogenated alkanes) is 3. The Morgan fingerprint density at radius 3 is 2.68 bits per heavy atom. The van der Waals surface area contributed by atoms with Crippen LogP contribution in [0.1, 0.15) is 88.0 Å². The average Bonchev–Trinajstić information content (AvgIpc) is 3.64. The number of anilines is 1. The van der Waals surface area contributed by atoms with Crippen molar-refractivity contribution >= 4 is 17.9 Å². The first-order valence-corrected chi connectivity index (χ1v) is 16.0. The maximum absolute atomic E-state index is 12.4. The standard InChI is InChI=1S/C34H46N2O8/c1-34(2)41-24-27-21-26(14-15-30(27)44-34)31-22-36(33(38)43-31)16-7-3-4-8-17-39-18-19-40-23-25-10-9-11-28(20-25)35-32(37)42-29-12-5-6-13-29/h9-11,14-15,20-21,29,31H,3-8,12-13,16-19,22-24H2,1-2H3,(H,35,37). The summed E-state index contributed by atoms with van der Waals surface area (Å²) < 4.78 is 34.2. The van der Waals surface area contributed by atoms with Crippen molar-refractivity contribution in [3.8, 4) is 5.75 Å². The van der Waals surface area contributed by atoms with Gasteiger partial charge in [0.1, 0.15) is 18.0 Å². The molecule has 3 aliphatic rings. The molecule has 1 atom stereocenters. The number of cyclic esters (lactones) is 1. The van der Waals surface area contributed by atoms with Crippen molar-refractivity contribution in [1.82, 2.24) is 4.90 Å². The van der Waals surface area contributed by atoms with Crippen LogP contribution in [0.5, 0.6) is 5.75 Å². The fourth-order valence-electron chi connectivity index (χ4n) is 5.74. The molecule has 5 rings (SSSR count). The van der Waals surface area contributed by atoms with Gasteiger partial charge in [0.05, 0.1) is 33.0 Å². The van der Waals surface area contributed by atoms with Gasteiger partial charge in [-0.15, -0.1) is 0 Å². The minimum atomic E-state index is -0.632. The molecular formula is C34H46N2O8. The molecule has 2 aromatic rings. The lowest BCUT2D eigenvalue weighted by Crippen LogP contribution is -2.35. The number of ether oxygens (including phenoxy) is 6. The van der Waals surface area contributed by atoms with Crippen molar-refractivity contribution in [3.05, 3.63) is 59.2 Å². The summed E-state index contributed by atoms with van der Waals surface area (Å²) in [5, 5.41) is 2.81. The van der Waals surface area contributed by atoms with Gasteiger partial charge in [0.2, 0.25) is 5.79 Å². The molecule has 10 heteroatoms. The molecule has 1 aliphatic carbocycles. The molecule has 2 aromatic carbocycles. The molecule has 0 radical (unpaired) electrons. The van der Waals surface area contributed by atoms with E-state index in [4.69, 9.17) is 28.4 Å². The highest BCUT2D eigenvalue weighted by Gasteiger charge is 2.33. The molecule has 2 aliphatic heterocycles. The zero-order valence-electron chi connectivity index (χ0n) is 26.0. The fraction of sp³-hybridized carbons (Fsp3) is 0.588. The Morgan fingerprint density at radius 1 is 1.00 bits per heavy atom. The highest BCUT2D eigenvalue weighted by molar-refractivity contribution is 5.84. The molecular weight excluding hydrogens is 564 g/mol. The van der Waals surface area contributed by atoms with Gasteiger partial charge < -0.3 is 33.3 Å². The molecule has 0 spiro atoms. The maximum Gasteiger partial charge on any atom is 0.411 e. The predicted octanol–water partition coefficient (Wildman–Crippen LogP) is 7.11. The molecule has 44 heavy (non-hydrogen) atoms. The Morgan fingerprint density at radius 2 is 1.82 bits per heavy atom. The van der Waals surface area contributed by atoms with Crippen LogP contribution in [0.15, 0.2) is 42.5 Å². The Labute approximate surface area is 260 Å². The monoisotopic (exact) mass is 610 g/mol. The van der Waals surface area contributed by atoms with Crippen LogP contribution >= 0.6 is 0 Å². The molecule has 1 unspecified atom stereocenters. The SMILES string of the molecule is CC1(C)OCc2cc(C3CN(CCCCCCOCCOCc4cccc(NC(=O)OC5CCCC5)c4)C(=O)O3)ccc2O1. The number of nitrogens with one attached hydrogen (secondary N) is 1. The summed E-state index contributed by atoms with van der Waals surface area (Å²) in [6.45, 7) is 7.68. The number of hydrogen-bond donors (Lipinski definition) is 1. The largest absolute Gasteiger partial charge is 0.463 e. The average molecular weight is 611 g/mol. The summed E-state index contributed by atoms with van der Waals surface area (Å²) in [5.74, 6) is 0.184. The summed E-state index contributed by atoms with van der Waals surface area (Å²) in [6.07, 6.45) is 7.22. The third kappa shape index (κ3) is 9.58. The molecule has 2 heterocycles. The lowest BCUT2D eigenvalue weighted by atomic mass is 10.0. The van der Waals surface area contributed by atoms with Crippen molar-refractivity contribution in [2.24, 2.45) is 0 Å². The number of hydrogen-bond acceptors (Lipinski definition) is 8. The highest BCUT2D eigenvalue weighted by Crippen LogP contribution is 2.35. The van der Waals surface area contributed by atoms with Crippen LogP contribution in [0.25, 0.3) is 0 Å². The normalized spacial score (nSPS) is 19.4. The Kier molecular flexibility index (Phi) is 11.4. The third-order valence-electron chi connectivity index (χ3n) is 8.13. The van der Waals surface area contributed by atoms with E-state index in [1.165, 1.54) is 0 Å². The number of nitrogens with zero attached hydrogens (tertiary/aromatic N) is 1. The molecule has 1 N–H and O–H groups in total. The van der Waals surface area contributed by atoms with Crippen molar-refractivity contribution in [2.75, 3.05) is 38.2 Å². The predicted molar refractivity (Wildman–Crippen MR) is 164 cm³/mol. The van der Waals surface area contributed by atoms with E-state index in [0.717, 1.165) is 73.8 Å². The minimum absolute atomic E-state index is 0.0396. The molecule has 2 amide bonds. The first-order chi connectivity index (χ1) is 21.3. The van der Waals surface area contributed by atoms with Gasteiger partial charge in [-0.05, 0) is 73.9 Å². The van der Waals surface area contributed by atoms with Crippen LogP contribution in [-0.2, 0) is 36.9 Å². The minimum Gasteiger partial charge on any atom is -0.463 e. The first kappa shape index (κ1) is 32.1. The summed E-state index contributed by atoms with van der Waals surface area (Å²) in [7, 11) is 0. The van der Waals surface area contributed by atoms with E-state index in [1.54, 1.807) is 4.90 Å². The smallest absolute Gasteiger partial charge is 0.411 e. The summed E-state index contributed by atoms with van der Waals surface area (Å²) in [4.78, 5) is 26.3. The number of rotatable bonds is 15. The van der Waals surface area contributed by atoms with E-state index in [9.17, 15) is 9.59 Å². The highest BCUT2D eigenvalue weighted by atomic mass is 16.7. The van der Waals surface area contributed by atoms with Gasteiger partial charge in [0.25, 0.3) is 0 Å². The van der Waals surface area contributed by atoms with E-state index in [0.29, 0.717) is 51.8 Å². The Bertz CT molecular complexity index is 1250. The Hall–Kier alpha value is -3.34. The van der Waals surface area contributed by atoms with Crippen LogP contribution < -0.4 is 10.1 Å². The van der Waals surface area contributed by atoms with Gasteiger partial charge in [-0.1, -0.05) is 31.0 Å². The number of benzene rings is 2. The number of fused-ring (bicyclic) bond motifs is 1. The van der Waals surface area contributed by atoms with Crippen LogP contribution in [0, 0.1) is 0 Å². The van der Waals surface area contributed by atoms with Crippen LogP contribution in [0.2, 0.25) is 0 Å². The van der Waals surface area contributed by atoms with Crippen LogP contribution in [0.3, 0.4) is 0 Å². The summed E-state index contributed by atoms with van der Waals surface area (Å²) in [5.41, 5.74) is 3.63. The van der Waals surface area contributed by atoms with E-state index in [1.807, 2.05) is 56.3 Å². The summed E-state index contributed by atoms with van der Waals surface area (Å²) >= 11 is 0. The maximum atomic E-state index is 12.4. The molecule has 1 saturated heterocycles. The molecule has 240 valence electrons. The van der Waals surface area contributed by atoms with Crippen LogP contribution in [-0.4, -0.2) is 61.9 Å². The second kappa shape index (κ2) is 15.6. The van der Waals surface area contributed by atoms with Crippen molar-refractivity contribution in [2.45, 2.75) is 96.4 Å². The first-order valence-electron chi connectivity index (χ1n) is 16.0. The molecule has 1 saturated carbocycles. The molecule has 0 bridgehead atoms. The fourth-order valence-corrected chi connectivity index (χ4v) is 5.74. The lowest BCUT2D eigenvalue weighted by molar-refractivity contribution is -0.180. The molecule has 2 fully saturated rings. The number of carbonyl (C=O) groups is 2. The van der Waals surface area contributed by atoms with E-state index in [2.05, 4.69) is 5.32 Å². The van der Waals surface area contributed by atoms with Gasteiger partial charge in [0, 0.05) is 38.2 Å². The summed E-state index contributed by atoms with van der Waals surface area (Å²) in [6, 6.07) is 13.5. The van der Waals surface area contributed by atoms with Gasteiger partial charge in [0.15, 0.2) is 0 Å². The quantitative estimate of drug-likeness (QED) is 0.213. The van der Waals surface area contributed by atoms with Gasteiger partial charge >= 0.3 is 12.2 Å². The third-order valence-corrected chi connectivity index (χ3v) is 8.13. The molecule has 0 aromatic heterocycles. The van der Waals surface area contributed by atoms with Crippen molar-refractivity contribution in [3.63, 3.8) is 0 Å². The van der Waals surface area contributed by atoms with Crippen molar-refractivity contribution in [1.29, 1.82) is 0 Å². The van der Waals surface area contributed by atoms with Gasteiger partial charge in [-0.2, -0.15) is 0 Å². The molecule has 10 nitrogen and oxygen atoms in total. The van der Waals surface area contributed by atoms with Crippen molar-refractivity contribution < 1.29 is 38.0 Å².